The number of fused-ring (bicyclic) bond motifs is 1. The van der Waals surface area contributed by atoms with Crippen LogP contribution in [0.1, 0.15) is 17.3 Å². The van der Waals surface area contributed by atoms with Crippen LogP contribution < -0.4 is 5.32 Å². The summed E-state index contributed by atoms with van der Waals surface area (Å²) in [4.78, 5) is 27.8. The molecule has 0 unspecified atom stereocenters. The van der Waals surface area contributed by atoms with E-state index in [2.05, 4.69) is 30.9 Å². The highest BCUT2D eigenvalue weighted by Gasteiger charge is 2.12. The number of nitrogens with one attached hydrogen (secondary N) is 1. The molecule has 0 aliphatic carbocycles. The lowest BCUT2D eigenvalue weighted by atomic mass is 10.0. The fourth-order valence-electron chi connectivity index (χ4n) is 2.62. The number of halogens is 1. The Labute approximate surface area is 157 Å². The van der Waals surface area contributed by atoms with Crippen molar-refractivity contribution in [1.82, 2.24) is 34.8 Å². The minimum atomic E-state index is -0.459. The Bertz CT molecular complexity index is 1190. The molecule has 4 rings (SSSR count). The summed E-state index contributed by atoms with van der Waals surface area (Å²) < 4.78 is 16.9. The number of rotatable bonds is 5. The van der Waals surface area contributed by atoms with Gasteiger partial charge in [0.25, 0.3) is 0 Å². The molecule has 4 aromatic rings. The molecule has 0 saturated heterocycles. The molecule has 0 radical (unpaired) electrons. The fourth-order valence-corrected chi connectivity index (χ4v) is 2.62. The predicted molar refractivity (Wildman–Crippen MR) is 94.8 cm³/mol. The quantitative estimate of drug-likeness (QED) is 0.519. The van der Waals surface area contributed by atoms with E-state index >= 15 is 0 Å². The number of anilines is 1. The predicted octanol–water partition coefficient (Wildman–Crippen LogP) is 1.36. The van der Waals surface area contributed by atoms with Crippen LogP contribution in [0.5, 0.6) is 0 Å². The Morgan fingerprint density at radius 2 is 2.07 bits per heavy atom. The summed E-state index contributed by atoms with van der Waals surface area (Å²) in [7, 11) is 0. The molecular formula is C17H13FN8O2. The number of nitrogens with zero attached hydrogens (tertiary/aromatic N) is 7. The van der Waals surface area contributed by atoms with Crippen LogP contribution in [0.15, 0.2) is 42.9 Å². The number of benzene rings is 1. The largest absolute Gasteiger partial charge is 0.295 e. The van der Waals surface area contributed by atoms with Gasteiger partial charge in [-0.15, -0.1) is 10.2 Å². The normalized spacial score (nSPS) is 10.9. The molecule has 0 aliphatic heterocycles. The molecule has 11 heteroatoms. The summed E-state index contributed by atoms with van der Waals surface area (Å²) in [5.74, 6) is -0.924. The van der Waals surface area contributed by atoms with Gasteiger partial charge >= 0.3 is 0 Å². The van der Waals surface area contributed by atoms with Crippen LogP contribution in [-0.2, 0) is 11.3 Å². The van der Waals surface area contributed by atoms with Crippen LogP contribution in [-0.4, -0.2) is 46.5 Å². The third kappa shape index (κ3) is 3.45. The minimum Gasteiger partial charge on any atom is -0.295 e. The van der Waals surface area contributed by atoms with Gasteiger partial charge in [-0.2, -0.15) is 4.98 Å². The molecule has 0 spiro atoms. The lowest BCUT2D eigenvalue weighted by molar-refractivity contribution is -0.117. The minimum absolute atomic E-state index is 0.0865. The maximum atomic E-state index is 14.2. The molecule has 0 fully saturated rings. The first-order chi connectivity index (χ1) is 13.5. The number of amides is 1. The molecule has 1 aromatic carbocycles. The molecule has 3 aromatic heterocycles. The highest BCUT2D eigenvalue weighted by molar-refractivity contribution is 5.95. The van der Waals surface area contributed by atoms with Crippen molar-refractivity contribution in [2.45, 2.75) is 13.5 Å². The van der Waals surface area contributed by atoms with E-state index in [-0.39, 0.29) is 23.8 Å². The van der Waals surface area contributed by atoms with Gasteiger partial charge in [0, 0.05) is 22.9 Å². The molecule has 140 valence electrons. The zero-order chi connectivity index (χ0) is 19.7. The molecule has 0 aliphatic rings. The average molecular weight is 380 g/mol. The molecule has 0 atom stereocenters. The van der Waals surface area contributed by atoms with E-state index in [9.17, 15) is 14.0 Å². The van der Waals surface area contributed by atoms with Gasteiger partial charge in [-0.25, -0.2) is 13.6 Å². The van der Waals surface area contributed by atoms with Crippen molar-refractivity contribution in [2.75, 3.05) is 5.32 Å². The topological polar surface area (TPSA) is 120 Å². The Morgan fingerprint density at radius 3 is 2.82 bits per heavy atom. The first-order valence-electron chi connectivity index (χ1n) is 8.17. The Hall–Kier alpha value is -4.02. The van der Waals surface area contributed by atoms with E-state index < -0.39 is 11.7 Å². The molecule has 3 heterocycles. The van der Waals surface area contributed by atoms with Gasteiger partial charge in [0.05, 0.1) is 0 Å². The van der Waals surface area contributed by atoms with Gasteiger partial charge in [-0.3, -0.25) is 14.9 Å². The van der Waals surface area contributed by atoms with Crippen LogP contribution in [0.3, 0.4) is 0 Å². The standard InChI is InChI=1S/C17H13FN8O2/c1-10(27)11-2-4-14(18)13(6-11)12-3-5-15-20-17(22-26(15)7-12)21-16(28)8-25-9-19-23-24-25/h2-7,9H,8H2,1H3,(H,21,22,28). The summed E-state index contributed by atoms with van der Waals surface area (Å²) >= 11 is 0. The molecule has 28 heavy (non-hydrogen) atoms. The molecule has 0 bridgehead atoms. The highest BCUT2D eigenvalue weighted by atomic mass is 19.1. The smallest absolute Gasteiger partial charge is 0.249 e. The van der Waals surface area contributed by atoms with Gasteiger partial charge in [0.15, 0.2) is 11.4 Å². The number of hydrogen-bond acceptors (Lipinski definition) is 7. The van der Waals surface area contributed by atoms with Crippen molar-refractivity contribution in [3.8, 4) is 11.1 Å². The fraction of sp³-hybridized carbons (Fsp3) is 0.118. The summed E-state index contributed by atoms with van der Waals surface area (Å²) in [5, 5.41) is 17.2. The number of carbonyl (C=O) groups is 2. The number of Topliss-reactive ketones (excluding diaryl/α,β-unsaturated/α-hetero) is 1. The van der Waals surface area contributed by atoms with Gasteiger partial charge < -0.3 is 0 Å². The van der Waals surface area contributed by atoms with E-state index in [0.717, 1.165) is 0 Å². The van der Waals surface area contributed by atoms with Gasteiger partial charge in [-0.05, 0) is 47.7 Å². The van der Waals surface area contributed by atoms with E-state index in [1.54, 1.807) is 18.3 Å². The number of ketones is 1. The van der Waals surface area contributed by atoms with Crippen LogP contribution in [0.25, 0.3) is 16.8 Å². The van der Waals surface area contributed by atoms with Crippen LogP contribution in [0.2, 0.25) is 0 Å². The second kappa shape index (κ2) is 6.95. The van der Waals surface area contributed by atoms with Crippen molar-refractivity contribution in [3.63, 3.8) is 0 Å². The molecule has 1 amide bonds. The van der Waals surface area contributed by atoms with E-state index in [1.807, 2.05) is 0 Å². The van der Waals surface area contributed by atoms with Crippen molar-refractivity contribution in [2.24, 2.45) is 0 Å². The Balaban J connectivity index is 1.61. The maximum Gasteiger partial charge on any atom is 0.249 e. The number of pyridine rings is 1. The van der Waals surface area contributed by atoms with Crippen molar-refractivity contribution < 1.29 is 14.0 Å². The highest BCUT2D eigenvalue weighted by Crippen LogP contribution is 2.25. The van der Waals surface area contributed by atoms with Crippen LogP contribution in [0.4, 0.5) is 10.3 Å². The SMILES string of the molecule is CC(=O)c1ccc(F)c(-c2ccc3nc(NC(=O)Cn4cnnn4)nn3c2)c1. The van der Waals surface area contributed by atoms with Crippen molar-refractivity contribution in [1.29, 1.82) is 0 Å². The number of tetrazole rings is 1. The zero-order valence-corrected chi connectivity index (χ0v) is 14.6. The lowest BCUT2D eigenvalue weighted by Crippen LogP contribution is -2.19. The third-order valence-electron chi connectivity index (χ3n) is 3.96. The second-order valence-corrected chi connectivity index (χ2v) is 5.96. The van der Waals surface area contributed by atoms with Gasteiger partial charge in [-0.1, -0.05) is 0 Å². The van der Waals surface area contributed by atoms with E-state index in [1.165, 1.54) is 40.6 Å². The van der Waals surface area contributed by atoms with Crippen LogP contribution >= 0.6 is 0 Å². The first kappa shape index (κ1) is 17.4. The number of carbonyl (C=O) groups excluding carboxylic acids is 2. The monoisotopic (exact) mass is 380 g/mol. The molecule has 1 N–H and O–H groups in total. The summed E-state index contributed by atoms with van der Waals surface area (Å²) in [6.07, 6.45) is 2.88. The Kier molecular flexibility index (Phi) is 4.32. The zero-order valence-electron chi connectivity index (χ0n) is 14.6. The molecule has 0 saturated carbocycles. The molecular weight excluding hydrogens is 367 g/mol. The maximum absolute atomic E-state index is 14.2. The number of hydrogen-bond donors (Lipinski definition) is 1. The summed E-state index contributed by atoms with van der Waals surface area (Å²) in [6, 6.07) is 7.48. The Morgan fingerprint density at radius 1 is 1.21 bits per heavy atom. The average Bonchev–Trinajstić information content (AvgIpc) is 3.30. The van der Waals surface area contributed by atoms with Gasteiger partial charge in [0.2, 0.25) is 11.9 Å². The van der Waals surface area contributed by atoms with E-state index in [0.29, 0.717) is 16.8 Å². The number of aromatic nitrogens is 7. The first-order valence-corrected chi connectivity index (χ1v) is 8.17. The summed E-state index contributed by atoms with van der Waals surface area (Å²) in [5.41, 5.74) is 1.66. The second-order valence-electron chi connectivity index (χ2n) is 5.96. The van der Waals surface area contributed by atoms with Crippen LogP contribution in [0, 0.1) is 5.82 Å². The summed E-state index contributed by atoms with van der Waals surface area (Å²) in [6.45, 7) is 1.33. The van der Waals surface area contributed by atoms with Crippen molar-refractivity contribution >= 4 is 23.3 Å². The molecule has 10 nitrogen and oxygen atoms in total. The van der Waals surface area contributed by atoms with E-state index in [4.69, 9.17) is 0 Å². The third-order valence-corrected chi connectivity index (χ3v) is 3.96. The van der Waals surface area contributed by atoms with Crippen molar-refractivity contribution in [3.05, 3.63) is 54.2 Å². The van der Waals surface area contributed by atoms with Gasteiger partial charge in [0.1, 0.15) is 18.7 Å². The lowest BCUT2D eigenvalue weighted by Gasteiger charge is -2.05.